The Balaban J connectivity index is 3.20. The summed E-state index contributed by atoms with van der Waals surface area (Å²) in [4.78, 5) is 9.39. The molecule has 1 aromatic rings. The van der Waals surface area contributed by atoms with Gasteiger partial charge in [-0.25, -0.2) is 8.42 Å². The van der Waals surface area contributed by atoms with Crippen LogP contribution in [0.3, 0.4) is 0 Å². The van der Waals surface area contributed by atoms with Crippen molar-refractivity contribution in [3.8, 4) is 11.8 Å². The van der Waals surface area contributed by atoms with Crippen LogP contribution in [0.15, 0.2) is 23.1 Å². The predicted octanol–water partition coefficient (Wildman–Crippen LogP) is 1.13. The van der Waals surface area contributed by atoms with E-state index in [1.54, 1.807) is 19.9 Å². The van der Waals surface area contributed by atoms with Gasteiger partial charge < -0.3 is 5.11 Å². The number of aromatic hydroxyl groups is 1. The first-order valence-electron chi connectivity index (χ1n) is 5.58. The molecule has 0 bridgehead atoms. The van der Waals surface area contributed by atoms with Crippen molar-refractivity contribution in [2.45, 2.75) is 24.8 Å². The smallest absolute Gasteiger partial charge is 0.312 e. The Hall–Kier alpha value is -2.18. The standard InChI is InChI=1S/C11H13N3O5S/c1-7(2)9(6-12)13-20(18,19)8-3-4-11(15)10(5-8)14(16)17/h3-5,7,9,13,15H,1-2H3. The molecule has 0 amide bonds. The van der Waals surface area contributed by atoms with E-state index >= 15 is 0 Å². The topological polar surface area (TPSA) is 133 Å². The highest BCUT2D eigenvalue weighted by Gasteiger charge is 2.25. The third-order valence-corrected chi connectivity index (χ3v) is 3.98. The van der Waals surface area contributed by atoms with Crippen LogP contribution in [0.2, 0.25) is 0 Å². The van der Waals surface area contributed by atoms with Gasteiger partial charge in [-0.05, 0) is 18.1 Å². The molecule has 0 aliphatic heterocycles. The van der Waals surface area contributed by atoms with Crippen LogP contribution in [0, 0.1) is 27.4 Å². The van der Waals surface area contributed by atoms with E-state index in [1.807, 2.05) is 0 Å². The summed E-state index contributed by atoms with van der Waals surface area (Å²) in [6.45, 7) is 3.32. The number of nitrogens with zero attached hydrogens (tertiary/aromatic N) is 2. The van der Waals surface area contributed by atoms with E-state index in [9.17, 15) is 23.6 Å². The number of nitrogens with one attached hydrogen (secondary N) is 1. The number of nitro groups is 1. The number of rotatable bonds is 5. The Morgan fingerprint density at radius 3 is 2.50 bits per heavy atom. The fourth-order valence-electron chi connectivity index (χ4n) is 1.36. The molecule has 0 saturated heterocycles. The first kappa shape index (κ1) is 15.9. The number of phenolic OH excluding ortho intramolecular Hbond substituents is 1. The minimum Gasteiger partial charge on any atom is -0.502 e. The Morgan fingerprint density at radius 2 is 2.05 bits per heavy atom. The molecule has 0 aromatic heterocycles. The second kappa shape index (κ2) is 5.85. The van der Waals surface area contributed by atoms with Crippen molar-refractivity contribution in [2.75, 3.05) is 0 Å². The molecule has 0 radical (unpaired) electrons. The number of nitro benzene ring substituents is 1. The average molecular weight is 299 g/mol. The third-order valence-electron chi connectivity index (χ3n) is 2.54. The second-order valence-electron chi connectivity index (χ2n) is 4.38. The van der Waals surface area contributed by atoms with Crippen LogP contribution in [-0.2, 0) is 10.0 Å². The van der Waals surface area contributed by atoms with Gasteiger partial charge in [-0.3, -0.25) is 10.1 Å². The summed E-state index contributed by atoms with van der Waals surface area (Å²) in [5.74, 6) is -0.892. The highest BCUT2D eigenvalue weighted by Crippen LogP contribution is 2.28. The maximum atomic E-state index is 12.0. The molecule has 0 fully saturated rings. The number of benzene rings is 1. The van der Waals surface area contributed by atoms with Crippen molar-refractivity contribution < 1.29 is 18.4 Å². The molecule has 0 aliphatic carbocycles. The molecule has 0 saturated carbocycles. The minimum absolute atomic E-state index is 0.262. The zero-order valence-corrected chi connectivity index (χ0v) is 11.6. The first-order valence-corrected chi connectivity index (χ1v) is 7.06. The zero-order chi connectivity index (χ0) is 15.5. The van der Waals surface area contributed by atoms with E-state index in [0.717, 1.165) is 18.2 Å². The Bertz CT molecular complexity index is 663. The van der Waals surface area contributed by atoms with Gasteiger partial charge in [-0.1, -0.05) is 13.8 Å². The van der Waals surface area contributed by atoms with Gasteiger partial charge in [0.2, 0.25) is 10.0 Å². The van der Waals surface area contributed by atoms with Crippen LogP contribution in [0.1, 0.15) is 13.8 Å². The van der Waals surface area contributed by atoms with Crippen molar-refractivity contribution in [1.29, 1.82) is 5.26 Å². The highest BCUT2D eigenvalue weighted by molar-refractivity contribution is 7.89. The largest absolute Gasteiger partial charge is 0.502 e. The molecule has 1 atom stereocenters. The van der Waals surface area contributed by atoms with E-state index in [-0.39, 0.29) is 10.8 Å². The number of hydrogen-bond donors (Lipinski definition) is 2. The average Bonchev–Trinajstić information content (AvgIpc) is 2.35. The van der Waals surface area contributed by atoms with Gasteiger partial charge in [0.1, 0.15) is 6.04 Å². The van der Waals surface area contributed by atoms with E-state index in [1.165, 1.54) is 0 Å². The van der Waals surface area contributed by atoms with E-state index < -0.39 is 32.4 Å². The van der Waals surface area contributed by atoms with Crippen LogP contribution < -0.4 is 4.72 Å². The lowest BCUT2D eigenvalue weighted by atomic mass is 10.1. The summed E-state index contributed by atoms with van der Waals surface area (Å²) in [6.07, 6.45) is 0. The van der Waals surface area contributed by atoms with Crippen molar-refractivity contribution in [3.05, 3.63) is 28.3 Å². The molecular weight excluding hydrogens is 286 g/mol. The number of sulfonamides is 1. The van der Waals surface area contributed by atoms with Crippen molar-refractivity contribution in [1.82, 2.24) is 4.72 Å². The second-order valence-corrected chi connectivity index (χ2v) is 6.09. The fraction of sp³-hybridized carbons (Fsp3) is 0.364. The normalized spacial score (nSPS) is 12.9. The Labute approximate surface area is 115 Å². The van der Waals surface area contributed by atoms with Crippen LogP contribution in [0.5, 0.6) is 5.75 Å². The summed E-state index contributed by atoms with van der Waals surface area (Å²) in [5, 5.41) is 28.8. The Morgan fingerprint density at radius 1 is 1.45 bits per heavy atom. The molecule has 1 rings (SSSR count). The van der Waals surface area contributed by atoms with Crippen molar-refractivity contribution in [3.63, 3.8) is 0 Å². The maximum absolute atomic E-state index is 12.0. The maximum Gasteiger partial charge on any atom is 0.312 e. The van der Waals surface area contributed by atoms with Gasteiger partial charge in [0, 0.05) is 6.07 Å². The summed E-state index contributed by atoms with van der Waals surface area (Å²) >= 11 is 0. The lowest BCUT2D eigenvalue weighted by Gasteiger charge is -2.15. The monoisotopic (exact) mass is 299 g/mol. The summed E-state index contributed by atoms with van der Waals surface area (Å²) in [7, 11) is -4.08. The lowest BCUT2D eigenvalue weighted by Crippen LogP contribution is -2.37. The van der Waals surface area contributed by atoms with Crippen molar-refractivity contribution >= 4 is 15.7 Å². The quantitative estimate of drug-likeness (QED) is 0.618. The molecule has 1 unspecified atom stereocenters. The third kappa shape index (κ3) is 3.43. The summed E-state index contributed by atoms with van der Waals surface area (Å²) < 4.78 is 26.2. The predicted molar refractivity (Wildman–Crippen MR) is 69.3 cm³/mol. The van der Waals surface area contributed by atoms with Crippen LogP contribution in [0.4, 0.5) is 5.69 Å². The zero-order valence-electron chi connectivity index (χ0n) is 10.8. The molecule has 9 heteroatoms. The number of nitriles is 1. The fourth-order valence-corrected chi connectivity index (χ4v) is 2.67. The molecule has 20 heavy (non-hydrogen) atoms. The molecule has 2 N–H and O–H groups in total. The number of phenols is 1. The molecule has 1 aromatic carbocycles. The SMILES string of the molecule is CC(C)C(C#N)NS(=O)(=O)c1ccc(O)c([N+](=O)[O-])c1. The van der Waals surface area contributed by atoms with Crippen molar-refractivity contribution in [2.24, 2.45) is 5.92 Å². The van der Waals surface area contributed by atoms with Gasteiger partial charge >= 0.3 is 5.69 Å². The number of hydrogen-bond acceptors (Lipinski definition) is 6. The molecule has 8 nitrogen and oxygen atoms in total. The van der Waals surface area contributed by atoms with E-state index in [2.05, 4.69) is 4.72 Å². The van der Waals surface area contributed by atoms with Crippen LogP contribution >= 0.6 is 0 Å². The van der Waals surface area contributed by atoms with Gasteiger partial charge in [0.05, 0.1) is 15.9 Å². The molecule has 0 spiro atoms. The van der Waals surface area contributed by atoms with Crippen LogP contribution in [0.25, 0.3) is 0 Å². The van der Waals surface area contributed by atoms with E-state index in [0.29, 0.717) is 0 Å². The molecule has 0 heterocycles. The summed E-state index contributed by atoms with van der Waals surface area (Å²) in [5.41, 5.74) is -0.717. The van der Waals surface area contributed by atoms with Gasteiger partial charge in [-0.15, -0.1) is 0 Å². The lowest BCUT2D eigenvalue weighted by molar-refractivity contribution is -0.386. The summed E-state index contributed by atoms with van der Waals surface area (Å²) in [6, 6.07) is 3.54. The van der Waals surface area contributed by atoms with Gasteiger partial charge in [0.25, 0.3) is 0 Å². The minimum atomic E-state index is -4.08. The van der Waals surface area contributed by atoms with Gasteiger partial charge in [-0.2, -0.15) is 9.98 Å². The first-order chi connectivity index (χ1) is 9.19. The molecule has 0 aliphatic rings. The molecule has 108 valence electrons. The van der Waals surface area contributed by atoms with Crippen LogP contribution in [-0.4, -0.2) is 24.5 Å². The molecular formula is C11H13N3O5S. The van der Waals surface area contributed by atoms with Gasteiger partial charge in [0.15, 0.2) is 5.75 Å². The Kier molecular flexibility index (Phi) is 4.65. The highest BCUT2D eigenvalue weighted by atomic mass is 32.2. The van der Waals surface area contributed by atoms with E-state index in [4.69, 9.17) is 5.26 Å².